The third kappa shape index (κ3) is 5.52. The second-order valence-corrected chi connectivity index (χ2v) is 10.9. The second kappa shape index (κ2) is 11.7. The Morgan fingerprint density at radius 3 is 2.08 bits per heavy atom. The van der Waals surface area contributed by atoms with Crippen LogP contribution in [0.15, 0.2) is 60.7 Å². The Hall–Kier alpha value is -4.16. The van der Waals surface area contributed by atoms with Crippen LogP contribution in [0, 0.1) is 0 Å². The molecule has 0 fully saturated rings. The first-order valence-corrected chi connectivity index (χ1v) is 13.7. The smallest absolute Gasteiger partial charge is 0.213 e. The van der Waals surface area contributed by atoms with Crippen molar-refractivity contribution >= 4 is 9.84 Å². The Bertz CT molecular complexity index is 1530. The van der Waals surface area contributed by atoms with Crippen molar-refractivity contribution in [3.8, 4) is 40.3 Å². The molecule has 4 rings (SSSR count). The number of aromatic nitrogens is 4. The summed E-state index contributed by atoms with van der Waals surface area (Å²) in [5, 5.41) is 18.4. The van der Waals surface area contributed by atoms with E-state index in [1.165, 1.54) is 35.4 Å². The zero-order chi connectivity index (χ0) is 28.2. The molecule has 0 spiro atoms. The number of benzene rings is 2. The maximum atomic E-state index is 13.7. The lowest BCUT2D eigenvalue weighted by molar-refractivity contribution is 0.171. The molecule has 0 saturated heterocycles. The van der Waals surface area contributed by atoms with Gasteiger partial charge in [0.1, 0.15) is 34.4 Å². The van der Waals surface area contributed by atoms with Crippen LogP contribution >= 0.6 is 0 Å². The Labute approximate surface area is 226 Å². The van der Waals surface area contributed by atoms with Crippen LogP contribution < -0.4 is 18.9 Å². The maximum Gasteiger partial charge on any atom is 0.213 e. The fraction of sp³-hybridized carbons (Fsp3) is 0.296. The highest BCUT2D eigenvalue weighted by Crippen LogP contribution is 2.37. The molecule has 0 bridgehead atoms. The van der Waals surface area contributed by atoms with Crippen molar-refractivity contribution in [3.05, 3.63) is 72.1 Å². The molecule has 0 unspecified atom stereocenters. The predicted molar refractivity (Wildman–Crippen MR) is 144 cm³/mol. The molecule has 206 valence electrons. The van der Waals surface area contributed by atoms with Crippen LogP contribution in [0.5, 0.6) is 23.1 Å². The van der Waals surface area contributed by atoms with Crippen LogP contribution in [0.1, 0.15) is 24.4 Å². The third-order valence-electron chi connectivity index (χ3n) is 6.32. The summed E-state index contributed by atoms with van der Waals surface area (Å²) in [5.41, 5.74) is 1.15. The predicted octanol–water partition coefficient (Wildman–Crippen LogP) is 3.40. The van der Waals surface area contributed by atoms with E-state index in [4.69, 9.17) is 18.9 Å². The number of ether oxygens (including phenoxy) is 4. The summed E-state index contributed by atoms with van der Waals surface area (Å²) in [6.07, 6.45) is -1.34. The molecule has 1 N–H and O–H groups in total. The Morgan fingerprint density at radius 1 is 0.821 bits per heavy atom. The van der Waals surface area contributed by atoms with Crippen LogP contribution in [0.25, 0.3) is 17.2 Å². The van der Waals surface area contributed by atoms with E-state index in [9.17, 15) is 13.5 Å². The highest BCUT2D eigenvalue weighted by atomic mass is 32.2. The van der Waals surface area contributed by atoms with Crippen molar-refractivity contribution < 1.29 is 32.5 Å². The number of methoxy groups -OCH3 is 4. The molecule has 12 heteroatoms. The average Bonchev–Trinajstić information content (AvgIpc) is 3.37. The van der Waals surface area contributed by atoms with Crippen molar-refractivity contribution in [1.82, 2.24) is 19.7 Å². The molecule has 0 aliphatic rings. The lowest BCUT2D eigenvalue weighted by Crippen LogP contribution is -2.28. The molecular formula is C27H30N4O7S. The van der Waals surface area contributed by atoms with Crippen molar-refractivity contribution in [2.75, 3.05) is 28.4 Å². The lowest BCUT2D eigenvalue weighted by atomic mass is 10.1. The first kappa shape index (κ1) is 27.9. The fourth-order valence-electron chi connectivity index (χ4n) is 4.19. The minimum atomic E-state index is -3.99. The topological polar surface area (TPSA) is 135 Å². The Balaban J connectivity index is 1.85. The molecule has 2 aromatic carbocycles. The number of hydrogen-bond donors (Lipinski definition) is 1. The van der Waals surface area contributed by atoms with Gasteiger partial charge in [-0.25, -0.2) is 13.4 Å². The van der Waals surface area contributed by atoms with E-state index in [1.54, 1.807) is 65.2 Å². The summed E-state index contributed by atoms with van der Waals surface area (Å²) in [5.74, 6) is 1.32. The number of pyridine rings is 1. The van der Waals surface area contributed by atoms with E-state index in [-0.39, 0.29) is 11.6 Å². The Morgan fingerprint density at radius 2 is 1.44 bits per heavy atom. The standard InChI is InChI=1S/C27H30N4O7S/c1-17(26(32)18-10-6-7-12-20(18)35-2)39(33,34)16-23-29-30-27(19-11-8-15-24(28-19)38-5)31(23)25-21(36-3)13-9-14-22(25)37-4/h6-15,17,26,32H,16H2,1-5H3/t17-,26-/m0/s1. The normalized spacial score (nSPS) is 13.0. The van der Waals surface area contributed by atoms with Gasteiger partial charge in [-0.3, -0.25) is 4.57 Å². The van der Waals surface area contributed by atoms with Gasteiger partial charge in [0, 0.05) is 11.6 Å². The summed E-state index contributed by atoms with van der Waals surface area (Å²) in [7, 11) is 1.95. The van der Waals surface area contributed by atoms with Gasteiger partial charge >= 0.3 is 0 Å². The number of aliphatic hydroxyl groups excluding tert-OH is 1. The molecule has 2 aromatic heterocycles. The van der Waals surface area contributed by atoms with E-state index < -0.39 is 26.9 Å². The minimum absolute atomic E-state index is 0.0801. The van der Waals surface area contributed by atoms with Crippen molar-refractivity contribution in [2.45, 2.75) is 24.0 Å². The van der Waals surface area contributed by atoms with Gasteiger partial charge in [-0.2, -0.15) is 0 Å². The van der Waals surface area contributed by atoms with Crippen molar-refractivity contribution in [2.24, 2.45) is 0 Å². The van der Waals surface area contributed by atoms with Crippen molar-refractivity contribution in [3.63, 3.8) is 0 Å². The van der Waals surface area contributed by atoms with Crippen molar-refractivity contribution in [1.29, 1.82) is 0 Å². The number of rotatable bonds is 11. The third-order valence-corrected chi connectivity index (χ3v) is 8.37. The van der Waals surface area contributed by atoms with Gasteiger partial charge < -0.3 is 24.1 Å². The van der Waals surface area contributed by atoms with Crippen LogP contribution in [0.4, 0.5) is 0 Å². The van der Waals surface area contributed by atoms with E-state index in [0.717, 1.165) is 0 Å². The van der Waals surface area contributed by atoms with Crippen LogP contribution in [0.2, 0.25) is 0 Å². The zero-order valence-corrected chi connectivity index (χ0v) is 23.0. The summed E-state index contributed by atoms with van der Waals surface area (Å²) in [6, 6.07) is 17.0. The van der Waals surface area contributed by atoms with Gasteiger partial charge in [-0.1, -0.05) is 30.3 Å². The van der Waals surface area contributed by atoms with Crippen LogP contribution in [-0.2, 0) is 15.6 Å². The first-order valence-electron chi connectivity index (χ1n) is 11.9. The van der Waals surface area contributed by atoms with Gasteiger partial charge in [0.2, 0.25) is 5.88 Å². The molecule has 11 nitrogen and oxygen atoms in total. The average molecular weight is 555 g/mol. The quantitative estimate of drug-likeness (QED) is 0.294. The molecule has 0 aliphatic heterocycles. The summed E-state index contributed by atoms with van der Waals surface area (Å²) in [4.78, 5) is 4.46. The van der Waals surface area contributed by atoms with E-state index >= 15 is 0 Å². The molecular weight excluding hydrogens is 524 g/mol. The molecule has 2 heterocycles. The molecule has 39 heavy (non-hydrogen) atoms. The number of sulfone groups is 1. The summed E-state index contributed by atoms with van der Waals surface area (Å²) in [6.45, 7) is 1.45. The molecule has 0 saturated carbocycles. The highest BCUT2D eigenvalue weighted by Gasteiger charge is 2.34. The number of para-hydroxylation sites is 2. The molecule has 0 aliphatic carbocycles. The largest absolute Gasteiger partial charge is 0.496 e. The number of nitrogens with zero attached hydrogens (tertiary/aromatic N) is 4. The van der Waals surface area contributed by atoms with Gasteiger partial charge in [0.05, 0.1) is 39.8 Å². The Kier molecular flexibility index (Phi) is 8.36. The van der Waals surface area contributed by atoms with Gasteiger partial charge in [-0.05, 0) is 31.2 Å². The lowest BCUT2D eigenvalue weighted by Gasteiger charge is -2.22. The number of aliphatic hydroxyl groups is 1. The second-order valence-electron chi connectivity index (χ2n) is 8.55. The van der Waals surface area contributed by atoms with E-state index in [2.05, 4.69) is 15.2 Å². The molecule has 0 amide bonds. The maximum absolute atomic E-state index is 13.7. The summed E-state index contributed by atoms with van der Waals surface area (Å²) >= 11 is 0. The monoisotopic (exact) mass is 554 g/mol. The van der Waals surface area contributed by atoms with E-state index in [1.807, 2.05) is 0 Å². The molecule has 0 radical (unpaired) electrons. The molecule has 2 atom stereocenters. The SMILES string of the molecule is COc1cccc(-c2nnc(CS(=O)(=O)[C@@H](C)[C@H](O)c3ccccc3OC)n2-c2c(OC)cccc2OC)n1. The van der Waals surface area contributed by atoms with Crippen LogP contribution in [-0.4, -0.2) is 67.0 Å². The van der Waals surface area contributed by atoms with Gasteiger partial charge in [0.15, 0.2) is 21.5 Å². The summed E-state index contributed by atoms with van der Waals surface area (Å²) < 4.78 is 50.7. The first-order chi connectivity index (χ1) is 18.7. The fourth-order valence-corrected chi connectivity index (χ4v) is 5.54. The van der Waals surface area contributed by atoms with Gasteiger partial charge in [-0.15, -0.1) is 10.2 Å². The van der Waals surface area contributed by atoms with Crippen LogP contribution in [0.3, 0.4) is 0 Å². The van der Waals surface area contributed by atoms with Gasteiger partial charge in [0.25, 0.3) is 0 Å². The minimum Gasteiger partial charge on any atom is -0.496 e. The molecule has 4 aromatic rings. The van der Waals surface area contributed by atoms with E-state index in [0.29, 0.717) is 40.1 Å². The zero-order valence-electron chi connectivity index (χ0n) is 22.2. The number of hydrogen-bond acceptors (Lipinski definition) is 10. The highest BCUT2D eigenvalue weighted by molar-refractivity contribution is 7.91.